The zero-order chi connectivity index (χ0) is 50.7. The molecule has 0 aliphatic heterocycles. The number of benzene rings is 10. The Morgan fingerprint density at radius 1 is 0.378 bits per heavy atom. The molecular formula is C71H53F2N. The fourth-order valence-electron chi connectivity index (χ4n) is 13.2. The molecule has 0 fully saturated rings. The normalized spacial score (nSPS) is 17.1. The molecule has 0 aromatic heterocycles. The van der Waals surface area contributed by atoms with E-state index in [0.29, 0.717) is 11.1 Å². The van der Waals surface area contributed by atoms with Gasteiger partial charge in [-0.2, -0.15) is 0 Å². The van der Waals surface area contributed by atoms with Crippen LogP contribution in [0.4, 0.5) is 25.8 Å². The first-order valence-corrected chi connectivity index (χ1v) is 25.5. The molecular weight excluding hydrogens is 905 g/mol. The Balaban J connectivity index is 1.13. The number of hydrogen-bond donors (Lipinski definition) is 0. The Bertz CT molecular complexity index is 3760. The van der Waals surface area contributed by atoms with Crippen molar-refractivity contribution in [3.8, 4) is 33.4 Å². The molecule has 0 amide bonds. The standard InChI is InChI=1S/C71H53F2N/c1-7-46-26-32-48(33-27-46)70(50-30-24-44(3)65(72)40-50)61-21-13-10-16-54(61)57-38-36-52(42-63(57)70)74(67-23-15-19-59-56-18-9-12-20-60(56)69(5,6)68(59)67)53-37-39-58-55-17-11-14-22-62(55)71(64(58)43-53,49-34-28-47(8-2)29-35-49)51-31-25-45(4)66(73)41-51/h7-43H,1-2H2,3-6H3. The molecule has 2 unspecified atom stereocenters. The predicted octanol–water partition coefficient (Wildman–Crippen LogP) is 18.4. The van der Waals surface area contributed by atoms with Crippen molar-refractivity contribution >= 4 is 29.2 Å². The van der Waals surface area contributed by atoms with Crippen LogP contribution in [0.2, 0.25) is 0 Å². The molecule has 0 saturated heterocycles. The van der Waals surface area contributed by atoms with Crippen LogP contribution in [0, 0.1) is 25.5 Å². The maximum atomic E-state index is 16.3. The van der Waals surface area contributed by atoms with Gasteiger partial charge in [-0.15, -0.1) is 0 Å². The lowest BCUT2D eigenvalue weighted by Crippen LogP contribution is -2.29. The molecule has 0 saturated carbocycles. The minimum atomic E-state index is -0.891. The summed E-state index contributed by atoms with van der Waals surface area (Å²) in [5, 5.41) is 0. The molecule has 0 spiro atoms. The number of nitrogens with zero attached hydrogens (tertiary/aromatic N) is 1. The second-order valence-corrected chi connectivity index (χ2v) is 20.8. The first-order valence-electron chi connectivity index (χ1n) is 25.5. The van der Waals surface area contributed by atoms with Crippen LogP contribution >= 0.6 is 0 Å². The van der Waals surface area contributed by atoms with Crippen LogP contribution in [0.15, 0.2) is 225 Å². The zero-order valence-electron chi connectivity index (χ0n) is 42.0. The summed E-state index contributed by atoms with van der Waals surface area (Å²) in [6, 6.07) is 75.2. The predicted molar refractivity (Wildman–Crippen MR) is 303 cm³/mol. The van der Waals surface area contributed by atoms with Gasteiger partial charge >= 0.3 is 0 Å². The summed E-state index contributed by atoms with van der Waals surface area (Å²) in [6.45, 7) is 16.5. The summed E-state index contributed by atoms with van der Waals surface area (Å²) in [5.74, 6) is -0.490. The van der Waals surface area contributed by atoms with Crippen LogP contribution < -0.4 is 4.90 Å². The van der Waals surface area contributed by atoms with Crippen LogP contribution in [0.1, 0.15) is 91.7 Å². The lowest BCUT2D eigenvalue weighted by atomic mass is 9.67. The minimum Gasteiger partial charge on any atom is -0.310 e. The van der Waals surface area contributed by atoms with E-state index in [2.05, 4.69) is 220 Å². The largest absolute Gasteiger partial charge is 0.310 e. The molecule has 3 aliphatic carbocycles. The highest BCUT2D eigenvalue weighted by Gasteiger charge is 2.49. The smallest absolute Gasteiger partial charge is 0.126 e. The Morgan fingerprint density at radius 3 is 1.22 bits per heavy atom. The van der Waals surface area contributed by atoms with Crippen LogP contribution in [-0.4, -0.2) is 0 Å². The molecule has 0 heterocycles. The summed E-state index contributed by atoms with van der Waals surface area (Å²) in [4.78, 5) is 2.45. The number of aryl methyl sites for hydroxylation is 2. The quantitative estimate of drug-likeness (QED) is 0.139. The zero-order valence-corrected chi connectivity index (χ0v) is 42.0. The molecule has 2 atom stereocenters. The number of fused-ring (bicyclic) bond motifs is 9. The molecule has 0 N–H and O–H groups in total. The van der Waals surface area contributed by atoms with Crippen molar-refractivity contribution in [2.75, 3.05) is 4.90 Å². The van der Waals surface area contributed by atoms with Gasteiger partial charge in [0.25, 0.3) is 0 Å². The van der Waals surface area contributed by atoms with E-state index in [1.165, 1.54) is 22.3 Å². The van der Waals surface area contributed by atoms with Gasteiger partial charge in [-0.1, -0.05) is 209 Å². The van der Waals surface area contributed by atoms with Gasteiger partial charge < -0.3 is 4.90 Å². The third kappa shape index (κ3) is 6.26. The van der Waals surface area contributed by atoms with Gasteiger partial charge in [-0.25, -0.2) is 8.78 Å². The number of anilines is 3. The number of rotatable bonds is 9. The number of hydrogen-bond acceptors (Lipinski definition) is 1. The Kier molecular flexibility index (Phi) is 10.2. The monoisotopic (exact) mass is 957 g/mol. The van der Waals surface area contributed by atoms with Crippen molar-refractivity contribution < 1.29 is 8.78 Å². The highest BCUT2D eigenvalue weighted by molar-refractivity contribution is 5.95. The number of halogens is 2. The molecule has 3 aliphatic rings. The lowest BCUT2D eigenvalue weighted by molar-refractivity contribution is 0.611. The highest BCUT2D eigenvalue weighted by Crippen LogP contribution is 2.61. The molecule has 0 radical (unpaired) electrons. The molecule has 13 rings (SSSR count). The molecule has 3 heteroatoms. The van der Waals surface area contributed by atoms with E-state index in [0.717, 1.165) is 95.0 Å². The fraction of sp³-hybridized carbons (Fsp3) is 0.0986. The summed E-state index contributed by atoms with van der Waals surface area (Å²) in [6.07, 6.45) is 3.73. The van der Waals surface area contributed by atoms with E-state index >= 15 is 8.78 Å². The Morgan fingerprint density at radius 2 is 0.770 bits per heavy atom. The maximum Gasteiger partial charge on any atom is 0.126 e. The van der Waals surface area contributed by atoms with E-state index < -0.39 is 10.8 Å². The second-order valence-electron chi connectivity index (χ2n) is 20.8. The van der Waals surface area contributed by atoms with Crippen LogP contribution in [0.25, 0.3) is 45.5 Å². The molecule has 74 heavy (non-hydrogen) atoms. The molecule has 10 aromatic carbocycles. The minimum absolute atomic E-state index is 0.245. The SMILES string of the molecule is C=Cc1ccc(C2(c3ccc(C)c(F)c3)c3ccccc3-c3ccc(N(c4ccc5c(c4)C(c4ccc(C=C)cc4)(c4ccc(C)c(F)c4)c4ccccc4-5)c4cccc5c4C(C)(C)c4ccccc4-5)cc32)cc1. The molecule has 356 valence electrons. The van der Waals surface area contributed by atoms with E-state index in [-0.39, 0.29) is 17.0 Å². The average molecular weight is 958 g/mol. The van der Waals surface area contributed by atoms with Crippen LogP contribution in [0.3, 0.4) is 0 Å². The second kappa shape index (κ2) is 16.7. The molecule has 1 nitrogen and oxygen atoms in total. The summed E-state index contributed by atoms with van der Waals surface area (Å²) < 4.78 is 32.6. The molecule has 0 bridgehead atoms. The van der Waals surface area contributed by atoms with Gasteiger partial charge in [0.15, 0.2) is 0 Å². The van der Waals surface area contributed by atoms with Crippen LogP contribution in [0.5, 0.6) is 0 Å². The van der Waals surface area contributed by atoms with E-state index in [1.54, 1.807) is 12.1 Å². The summed E-state index contributed by atoms with van der Waals surface area (Å²) in [7, 11) is 0. The van der Waals surface area contributed by atoms with Crippen molar-refractivity contribution in [2.45, 2.75) is 43.9 Å². The van der Waals surface area contributed by atoms with Crippen molar-refractivity contribution in [3.05, 3.63) is 315 Å². The van der Waals surface area contributed by atoms with Crippen molar-refractivity contribution in [2.24, 2.45) is 0 Å². The average Bonchev–Trinajstić information content (AvgIpc) is 4.00. The fourth-order valence-corrected chi connectivity index (χ4v) is 13.2. The van der Waals surface area contributed by atoms with Gasteiger partial charge in [-0.05, 0) is 168 Å². The van der Waals surface area contributed by atoms with E-state index in [9.17, 15) is 0 Å². The molecule has 10 aromatic rings. The van der Waals surface area contributed by atoms with Crippen molar-refractivity contribution in [1.29, 1.82) is 0 Å². The summed E-state index contributed by atoms with van der Waals surface area (Å²) >= 11 is 0. The topological polar surface area (TPSA) is 3.24 Å². The third-order valence-corrected chi connectivity index (χ3v) is 16.7. The lowest BCUT2D eigenvalue weighted by Gasteiger charge is -2.37. The Labute approximate surface area is 433 Å². The van der Waals surface area contributed by atoms with Gasteiger partial charge in [-0.3, -0.25) is 0 Å². The summed E-state index contributed by atoms with van der Waals surface area (Å²) in [5.41, 5.74) is 21.5. The highest BCUT2D eigenvalue weighted by atomic mass is 19.1. The first-order chi connectivity index (χ1) is 36.0. The maximum absolute atomic E-state index is 16.3. The van der Waals surface area contributed by atoms with Crippen molar-refractivity contribution in [3.63, 3.8) is 0 Å². The van der Waals surface area contributed by atoms with Gasteiger partial charge in [0.05, 0.1) is 16.5 Å². The van der Waals surface area contributed by atoms with Crippen molar-refractivity contribution in [1.82, 2.24) is 0 Å². The van der Waals surface area contributed by atoms with Gasteiger partial charge in [0.2, 0.25) is 0 Å². The van der Waals surface area contributed by atoms with E-state index in [4.69, 9.17) is 0 Å². The first kappa shape index (κ1) is 45.2. The van der Waals surface area contributed by atoms with Gasteiger partial charge in [0, 0.05) is 16.8 Å². The van der Waals surface area contributed by atoms with Gasteiger partial charge in [0.1, 0.15) is 11.6 Å². The van der Waals surface area contributed by atoms with E-state index in [1.807, 2.05) is 38.1 Å². The van der Waals surface area contributed by atoms with Crippen LogP contribution in [-0.2, 0) is 16.2 Å². The third-order valence-electron chi connectivity index (χ3n) is 16.7. The Hall–Kier alpha value is -8.66.